The first kappa shape index (κ1) is 7.25. The highest BCUT2D eigenvalue weighted by Gasteiger charge is 2.09. The first-order valence-corrected chi connectivity index (χ1v) is 4.18. The van der Waals surface area contributed by atoms with Crippen LogP contribution < -0.4 is 4.85 Å². The SMILES string of the molecule is [O-][n+]1nc2nccn2c2ccccc21. The third-order valence-corrected chi connectivity index (χ3v) is 2.15. The first-order chi connectivity index (χ1) is 6.86. The van der Waals surface area contributed by atoms with Crippen LogP contribution in [0.5, 0.6) is 0 Å². The number of hydrogen-bond acceptors (Lipinski definition) is 3. The monoisotopic (exact) mass is 186 g/mol. The zero-order valence-corrected chi connectivity index (χ0v) is 7.16. The molecule has 68 valence electrons. The lowest BCUT2D eigenvalue weighted by Crippen LogP contribution is -2.32. The number of aromatic nitrogens is 4. The number of nitrogens with zero attached hydrogens (tertiary/aromatic N) is 4. The summed E-state index contributed by atoms with van der Waals surface area (Å²) in [6.07, 6.45) is 3.40. The molecule has 14 heavy (non-hydrogen) atoms. The average Bonchev–Trinajstić information content (AvgIpc) is 2.66. The Kier molecular flexibility index (Phi) is 1.25. The Hall–Kier alpha value is -2.17. The van der Waals surface area contributed by atoms with Crippen molar-refractivity contribution in [1.82, 2.24) is 14.5 Å². The fourth-order valence-electron chi connectivity index (χ4n) is 1.52. The van der Waals surface area contributed by atoms with Crippen LogP contribution in [0.1, 0.15) is 0 Å². The van der Waals surface area contributed by atoms with Crippen molar-refractivity contribution in [2.75, 3.05) is 0 Å². The van der Waals surface area contributed by atoms with Crippen LogP contribution in [0.4, 0.5) is 0 Å². The summed E-state index contributed by atoms with van der Waals surface area (Å²) in [6, 6.07) is 7.28. The summed E-state index contributed by atoms with van der Waals surface area (Å²) in [5, 5.41) is 15.2. The molecule has 3 aromatic rings. The number of hydrogen-bond donors (Lipinski definition) is 0. The maximum atomic E-state index is 11.4. The minimum atomic E-state index is 0.415. The van der Waals surface area contributed by atoms with Gasteiger partial charge in [0, 0.05) is 18.5 Å². The maximum absolute atomic E-state index is 11.4. The van der Waals surface area contributed by atoms with Crippen molar-refractivity contribution in [3.8, 4) is 0 Å². The molecular weight excluding hydrogens is 180 g/mol. The van der Waals surface area contributed by atoms with Gasteiger partial charge in [0.1, 0.15) is 5.52 Å². The minimum absolute atomic E-state index is 0.415. The molecular formula is C9H6N4O. The van der Waals surface area contributed by atoms with E-state index in [-0.39, 0.29) is 0 Å². The third-order valence-electron chi connectivity index (χ3n) is 2.15. The van der Waals surface area contributed by atoms with Crippen molar-refractivity contribution < 1.29 is 4.85 Å². The summed E-state index contributed by atoms with van der Waals surface area (Å²) in [6.45, 7) is 0. The van der Waals surface area contributed by atoms with Crippen LogP contribution in [0.3, 0.4) is 0 Å². The molecule has 2 heterocycles. The Morgan fingerprint density at radius 3 is 3.07 bits per heavy atom. The van der Waals surface area contributed by atoms with E-state index >= 15 is 0 Å². The van der Waals surface area contributed by atoms with Gasteiger partial charge in [0.05, 0.1) is 5.10 Å². The van der Waals surface area contributed by atoms with E-state index in [0.29, 0.717) is 16.1 Å². The van der Waals surface area contributed by atoms with Crippen molar-refractivity contribution in [3.05, 3.63) is 41.9 Å². The predicted octanol–water partition coefficient (Wildman–Crippen LogP) is 0.516. The van der Waals surface area contributed by atoms with Gasteiger partial charge < -0.3 is 5.21 Å². The zero-order chi connectivity index (χ0) is 9.54. The van der Waals surface area contributed by atoms with E-state index in [0.717, 1.165) is 5.52 Å². The largest absolute Gasteiger partial charge is 0.594 e. The molecule has 5 nitrogen and oxygen atoms in total. The van der Waals surface area contributed by atoms with Crippen LogP contribution in [0.25, 0.3) is 16.8 Å². The van der Waals surface area contributed by atoms with Crippen LogP contribution >= 0.6 is 0 Å². The number of imidazole rings is 1. The maximum Gasteiger partial charge on any atom is 0.301 e. The molecule has 0 radical (unpaired) electrons. The first-order valence-electron chi connectivity index (χ1n) is 4.18. The molecule has 0 N–H and O–H groups in total. The topological polar surface area (TPSA) is 57.1 Å². The molecule has 0 bridgehead atoms. The molecule has 2 aromatic heterocycles. The van der Waals surface area contributed by atoms with Gasteiger partial charge in [0.25, 0.3) is 5.52 Å². The Balaban J connectivity index is 2.67. The lowest BCUT2D eigenvalue weighted by Gasteiger charge is -2.00. The van der Waals surface area contributed by atoms with Gasteiger partial charge in [0.15, 0.2) is 0 Å². The van der Waals surface area contributed by atoms with E-state index in [9.17, 15) is 5.21 Å². The van der Waals surface area contributed by atoms with Gasteiger partial charge in [0.2, 0.25) is 0 Å². The second kappa shape index (κ2) is 2.41. The lowest BCUT2D eigenvalue weighted by atomic mass is 10.3. The van der Waals surface area contributed by atoms with E-state index in [1.165, 1.54) is 0 Å². The van der Waals surface area contributed by atoms with E-state index in [2.05, 4.69) is 10.1 Å². The quantitative estimate of drug-likeness (QED) is 0.380. The van der Waals surface area contributed by atoms with Crippen LogP contribution in [0, 0.1) is 5.21 Å². The summed E-state index contributed by atoms with van der Waals surface area (Å²) in [4.78, 5) is 4.56. The van der Waals surface area contributed by atoms with Gasteiger partial charge in [-0.3, -0.25) is 4.40 Å². The van der Waals surface area contributed by atoms with Gasteiger partial charge in [-0.05, 0) is 10.9 Å². The molecule has 0 aliphatic carbocycles. The Morgan fingerprint density at radius 2 is 2.14 bits per heavy atom. The number of rotatable bonds is 0. The van der Waals surface area contributed by atoms with Crippen LogP contribution in [0.15, 0.2) is 36.7 Å². The van der Waals surface area contributed by atoms with Crippen molar-refractivity contribution in [1.29, 1.82) is 0 Å². The molecule has 5 heteroatoms. The van der Waals surface area contributed by atoms with Crippen molar-refractivity contribution >= 4 is 16.8 Å². The molecule has 0 aliphatic heterocycles. The summed E-state index contributed by atoms with van der Waals surface area (Å²) < 4.78 is 1.78. The van der Waals surface area contributed by atoms with E-state index in [1.807, 2.05) is 12.1 Å². The van der Waals surface area contributed by atoms with Crippen molar-refractivity contribution in [3.63, 3.8) is 0 Å². The molecule has 0 atom stereocenters. The summed E-state index contributed by atoms with van der Waals surface area (Å²) in [5.74, 6) is 0.415. The third kappa shape index (κ3) is 0.806. The van der Waals surface area contributed by atoms with Crippen molar-refractivity contribution in [2.45, 2.75) is 0 Å². The number of fused-ring (bicyclic) bond motifs is 3. The highest BCUT2D eigenvalue weighted by atomic mass is 16.5. The Labute approximate surface area is 78.8 Å². The molecule has 0 fully saturated rings. The van der Waals surface area contributed by atoms with Gasteiger partial charge in [-0.2, -0.15) is 0 Å². The molecule has 0 unspecified atom stereocenters. The molecule has 1 aromatic carbocycles. The number of para-hydroxylation sites is 2. The van der Waals surface area contributed by atoms with Crippen molar-refractivity contribution in [2.24, 2.45) is 0 Å². The van der Waals surface area contributed by atoms with E-state index in [4.69, 9.17) is 0 Å². The number of benzene rings is 1. The molecule has 0 amide bonds. The molecule has 0 saturated heterocycles. The van der Waals surface area contributed by atoms with E-state index < -0.39 is 0 Å². The minimum Gasteiger partial charge on any atom is -0.594 e. The van der Waals surface area contributed by atoms with Gasteiger partial charge >= 0.3 is 5.78 Å². The van der Waals surface area contributed by atoms with Gasteiger partial charge in [-0.15, -0.1) is 0 Å². The highest BCUT2D eigenvalue weighted by Crippen LogP contribution is 2.09. The summed E-state index contributed by atoms with van der Waals surface area (Å²) in [7, 11) is 0. The zero-order valence-electron chi connectivity index (χ0n) is 7.16. The van der Waals surface area contributed by atoms with Crippen LogP contribution in [-0.2, 0) is 0 Å². The molecule has 3 rings (SSSR count). The Bertz CT molecular complexity index is 616. The van der Waals surface area contributed by atoms with Crippen LogP contribution in [0.2, 0.25) is 0 Å². The summed E-state index contributed by atoms with van der Waals surface area (Å²) in [5.41, 5.74) is 1.35. The average molecular weight is 186 g/mol. The fourth-order valence-corrected chi connectivity index (χ4v) is 1.52. The van der Waals surface area contributed by atoms with Crippen LogP contribution in [-0.4, -0.2) is 14.5 Å². The lowest BCUT2D eigenvalue weighted by molar-refractivity contribution is -0.640. The molecule has 0 saturated carbocycles. The van der Waals surface area contributed by atoms with Gasteiger partial charge in [-0.1, -0.05) is 12.1 Å². The second-order valence-corrected chi connectivity index (χ2v) is 2.96. The van der Waals surface area contributed by atoms with Gasteiger partial charge in [-0.25, -0.2) is 4.98 Å². The fraction of sp³-hybridized carbons (Fsp3) is 0. The second-order valence-electron chi connectivity index (χ2n) is 2.96. The molecule has 0 spiro atoms. The smallest absolute Gasteiger partial charge is 0.301 e. The highest BCUT2D eigenvalue weighted by molar-refractivity contribution is 5.72. The normalized spacial score (nSPS) is 11.1. The standard InChI is InChI=1S/C9H6N4O/c14-13-8-4-2-1-3-7(8)12-6-5-10-9(12)11-13/h1-6H. The molecule has 0 aliphatic rings. The summed E-state index contributed by atoms with van der Waals surface area (Å²) >= 11 is 0. The van der Waals surface area contributed by atoms with E-state index in [1.54, 1.807) is 28.9 Å². The predicted molar refractivity (Wildman–Crippen MR) is 49.5 cm³/mol. The Morgan fingerprint density at radius 1 is 1.29 bits per heavy atom.